The first kappa shape index (κ1) is 17.4. The van der Waals surface area contributed by atoms with Crippen LogP contribution in [0, 0.1) is 0 Å². The number of hydrogen-bond acceptors (Lipinski definition) is 1. The zero-order chi connectivity index (χ0) is 6.95. The van der Waals surface area contributed by atoms with Gasteiger partial charge in [0.1, 0.15) is 6.29 Å². The van der Waals surface area contributed by atoms with E-state index in [1.807, 2.05) is 0 Å². The Morgan fingerprint density at radius 1 is 1.00 bits per heavy atom. The number of unbranched alkanes of at least 4 members (excludes halogenated alkanes) is 5. The van der Waals surface area contributed by atoms with Crippen molar-refractivity contribution in [3.05, 3.63) is 0 Å². The smallest absolute Gasteiger partial charge is 0.119 e. The highest BCUT2D eigenvalue weighted by molar-refractivity contribution is 5.85. The fourth-order valence-electron chi connectivity index (χ4n) is 0.831. The Hall–Kier alpha value is 0.250. The minimum atomic E-state index is 0. The van der Waals surface area contributed by atoms with Gasteiger partial charge in [0.2, 0.25) is 0 Å². The van der Waals surface area contributed by atoms with Gasteiger partial charge in [0.25, 0.3) is 0 Å². The number of hydrogen-bond donors (Lipinski definition) is 0. The minimum Gasteiger partial charge on any atom is -0.303 e. The normalized spacial score (nSPS) is 7.73. The molecule has 0 aliphatic carbocycles. The van der Waals surface area contributed by atoms with Gasteiger partial charge in [0.15, 0.2) is 0 Å². The third-order valence-electron chi connectivity index (χ3n) is 1.43. The maximum atomic E-state index is 9.84. The molecule has 0 aliphatic rings. The Morgan fingerprint density at radius 3 is 2.00 bits per heavy atom. The Balaban J connectivity index is -0.000000320. The lowest BCUT2D eigenvalue weighted by molar-refractivity contribution is -0.107. The van der Waals surface area contributed by atoms with Crippen LogP contribution < -0.4 is 0 Å². The monoisotopic (exact) mass is 200 g/mol. The second kappa shape index (κ2) is 16.7. The number of aldehydes is 1. The van der Waals surface area contributed by atoms with Gasteiger partial charge in [-0.15, -0.1) is 24.8 Å². The molecule has 0 radical (unpaired) electrons. The largest absolute Gasteiger partial charge is 0.303 e. The first-order valence-electron chi connectivity index (χ1n) is 3.85. The fraction of sp³-hybridized carbons (Fsp3) is 0.875. The van der Waals surface area contributed by atoms with Crippen LogP contribution in [0.4, 0.5) is 0 Å². The summed E-state index contributed by atoms with van der Waals surface area (Å²) in [4.78, 5) is 9.84. The lowest BCUT2D eigenvalue weighted by atomic mass is 10.1. The topological polar surface area (TPSA) is 17.1 Å². The zero-order valence-electron chi connectivity index (χ0n) is 7.04. The molecule has 0 aromatic heterocycles. The van der Waals surface area contributed by atoms with Gasteiger partial charge in [-0.1, -0.05) is 32.6 Å². The molecule has 3 heteroatoms. The highest BCUT2D eigenvalue weighted by atomic mass is 35.5. The van der Waals surface area contributed by atoms with E-state index in [1.165, 1.54) is 25.7 Å². The quantitative estimate of drug-likeness (QED) is 0.475. The second-order valence-corrected chi connectivity index (χ2v) is 2.37. The summed E-state index contributed by atoms with van der Waals surface area (Å²) in [5.41, 5.74) is 0. The summed E-state index contributed by atoms with van der Waals surface area (Å²) in [6, 6.07) is 0. The van der Waals surface area contributed by atoms with Crippen molar-refractivity contribution >= 4 is 31.1 Å². The van der Waals surface area contributed by atoms with E-state index in [0.29, 0.717) is 0 Å². The second-order valence-electron chi connectivity index (χ2n) is 2.37. The van der Waals surface area contributed by atoms with Crippen molar-refractivity contribution in [2.24, 2.45) is 0 Å². The highest BCUT2D eigenvalue weighted by Gasteiger charge is 1.85. The summed E-state index contributed by atoms with van der Waals surface area (Å²) >= 11 is 0. The van der Waals surface area contributed by atoms with Crippen LogP contribution in [0.25, 0.3) is 0 Å². The molecule has 11 heavy (non-hydrogen) atoms. The molecule has 0 N–H and O–H groups in total. The van der Waals surface area contributed by atoms with E-state index < -0.39 is 0 Å². The first-order valence-corrected chi connectivity index (χ1v) is 3.85. The summed E-state index contributed by atoms with van der Waals surface area (Å²) in [6.45, 7) is 2.19. The molecule has 70 valence electrons. The van der Waals surface area contributed by atoms with Crippen molar-refractivity contribution in [2.45, 2.75) is 45.4 Å². The van der Waals surface area contributed by atoms with E-state index >= 15 is 0 Å². The van der Waals surface area contributed by atoms with Crippen molar-refractivity contribution in [3.8, 4) is 0 Å². The van der Waals surface area contributed by atoms with Gasteiger partial charge in [-0.2, -0.15) is 0 Å². The van der Waals surface area contributed by atoms with Crippen LogP contribution in [0.2, 0.25) is 0 Å². The van der Waals surface area contributed by atoms with Gasteiger partial charge >= 0.3 is 0 Å². The predicted molar refractivity (Wildman–Crippen MR) is 53.9 cm³/mol. The molecule has 0 rings (SSSR count). The van der Waals surface area contributed by atoms with Crippen molar-refractivity contribution in [1.82, 2.24) is 0 Å². The zero-order valence-corrected chi connectivity index (χ0v) is 8.68. The van der Waals surface area contributed by atoms with Crippen LogP contribution in [-0.2, 0) is 4.79 Å². The van der Waals surface area contributed by atoms with Gasteiger partial charge in [-0.25, -0.2) is 0 Å². The molecular formula is C8H18Cl2O. The summed E-state index contributed by atoms with van der Waals surface area (Å²) in [5.74, 6) is 0. The van der Waals surface area contributed by atoms with Gasteiger partial charge in [0, 0.05) is 6.42 Å². The summed E-state index contributed by atoms with van der Waals surface area (Å²) in [5, 5.41) is 0. The van der Waals surface area contributed by atoms with Crippen LogP contribution in [0.1, 0.15) is 45.4 Å². The maximum Gasteiger partial charge on any atom is 0.119 e. The molecule has 0 amide bonds. The van der Waals surface area contributed by atoms with E-state index in [9.17, 15) is 4.79 Å². The molecule has 0 aromatic carbocycles. The molecule has 0 saturated heterocycles. The average Bonchev–Trinajstić information content (AvgIpc) is 1.89. The number of rotatable bonds is 6. The van der Waals surface area contributed by atoms with Crippen molar-refractivity contribution < 1.29 is 4.79 Å². The van der Waals surface area contributed by atoms with E-state index in [-0.39, 0.29) is 24.8 Å². The van der Waals surface area contributed by atoms with Crippen LogP contribution >= 0.6 is 24.8 Å². The number of halogens is 2. The Morgan fingerprint density at radius 2 is 1.55 bits per heavy atom. The minimum absolute atomic E-state index is 0. The Labute approximate surface area is 81.8 Å². The molecular weight excluding hydrogens is 183 g/mol. The van der Waals surface area contributed by atoms with Crippen molar-refractivity contribution in [3.63, 3.8) is 0 Å². The van der Waals surface area contributed by atoms with Crippen LogP contribution in [0.3, 0.4) is 0 Å². The standard InChI is InChI=1S/C8H16O.2ClH/c1-2-3-4-5-6-7-8-9;;/h8H,2-7H2,1H3;2*1H. The molecule has 0 heterocycles. The highest BCUT2D eigenvalue weighted by Crippen LogP contribution is 2.02. The molecule has 1 nitrogen and oxygen atoms in total. The van der Waals surface area contributed by atoms with Gasteiger partial charge < -0.3 is 4.79 Å². The maximum absolute atomic E-state index is 9.84. The van der Waals surface area contributed by atoms with Crippen LogP contribution in [0.15, 0.2) is 0 Å². The number of carbonyl (C=O) groups excluding carboxylic acids is 1. The summed E-state index contributed by atoms with van der Waals surface area (Å²) < 4.78 is 0. The lowest BCUT2D eigenvalue weighted by Gasteiger charge is -1.93. The molecule has 0 aromatic rings. The summed E-state index contributed by atoms with van der Waals surface area (Å²) in [6.07, 6.45) is 7.97. The van der Waals surface area contributed by atoms with E-state index in [1.54, 1.807) is 0 Å². The third kappa shape index (κ3) is 17.9. The molecule has 0 bridgehead atoms. The lowest BCUT2D eigenvalue weighted by Crippen LogP contribution is -1.78. The summed E-state index contributed by atoms with van der Waals surface area (Å²) in [7, 11) is 0. The van der Waals surface area contributed by atoms with Gasteiger partial charge in [-0.05, 0) is 6.42 Å². The molecule has 0 aliphatic heterocycles. The Bertz CT molecular complexity index is 67.1. The van der Waals surface area contributed by atoms with E-state index in [0.717, 1.165) is 19.1 Å². The van der Waals surface area contributed by atoms with E-state index in [4.69, 9.17) is 0 Å². The SMILES string of the molecule is CCCCCCCC=O.Cl.Cl. The molecule has 0 spiro atoms. The number of carbonyl (C=O) groups is 1. The van der Waals surface area contributed by atoms with Crippen LogP contribution in [-0.4, -0.2) is 6.29 Å². The molecule has 0 saturated carbocycles. The molecule has 0 unspecified atom stereocenters. The van der Waals surface area contributed by atoms with Crippen LogP contribution in [0.5, 0.6) is 0 Å². The Kier molecular flexibility index (Phi) is 26.3. The van der Waals surface area contributed by atoms with Crippen molar-refractivity contribution in [1.29, 1.82) is 0 Å². The molecule has 0 fully saturated rings. The fourth-order valence-corrected chi connectivity index (χ4v) is 0.831. The van der Waals surface area contributed by atoms with Crippen molar-refractivity contribution in [2.75, 3.05) is 0 Å². The molecule has 0 atom stereocenters. The predicted octanol–water partition coefficient (Wildman–Crippen LogP) is 3.39. The van der Waals surface area contributed by atoms with Gasteiger partial charge in [-0.3, -0.25) is 0 Å². The first-order chi connectivity index (χ1) is 4.41. The van der Waals surface area contributed by atoms with E-state index in [2.05, 4.69) is 6.92 Å². The third-order valence-corrected chi connectivity index (χ3v) is 1.43. The van der Waals surface area contributed by atoms with Gasteiger partial charge in [0.05, 0.1) is 0 Å². The average molecular weight is 201 g/mol.